The van der Waals surface area contributed by atoms with Gasteiger partial charge in [0, 0.05) is 24.0 Å². The van der Waals surface area contributed by atoms with Gasteiger partial charge in [-0.05, 0) is 23.6 Å². The van der Waals surface area contributed by atoms with Crippen LogP contribution in [0, 0.1) is 0 Å². The zero-order chi connectivity index (χ0) is 14.7. The quantitative estimate of drug-likeness (QED) is 0.852. The number of benzene rings is 1. The molecule has 5 heteroatoms. The van der Waals surface area contributed by atoms with Crippen LogP contribution < -0.4 is 0 Å². The minimum Gasteiger partial charge on any atom is -0.468 e. The molecule has 1 aliphatic rings. The topological polar surface area (TPSA) is 49.8 Å². The first-order valence-electron chi connectivity index (χ1n) is 6.76. The average Bonchev–Trinajstić information content (AvgIpc) is 2.78. The summed E-state index contributed by atoms with van der Waals surface area (Å²) in [7, 11) is 1.39. The number of hydrogen-bond acceptors (Lipinski definition) is 4. The maximum atomic E-state index is 11.8. The summed E-state index contributed by atoms with van der Waals surface area (Å²) in [5.41, 5.74) is 1.21. The molecule has 0 amide bonds. The summed E-state index contributed by atoms with van der Waals surface area (Å²) in [6, 6.07) is 7.84. The van der Waals surface area contributed by atoms with Crippen LogP contribution in [-0.4, -0.2) is 48.3 Å². The van der Waals surface area contributed by atoms with Crippen LogP contribution in [0.3, 0.4) is 0 Å². The Kier molecular flexibility index (Phi) is 5.18. The van der Waals surface area contributed by atoms with E-state index in [9.17, 15) is 9.90 Å². The number of methoxy groups -OCH3 is 1. The Morgan fingerprint density at radius 3 is 3.00 bits per heavy atom. The number of carbonyl (C=O) groups is 1. The number of halogens is 1. The fourth-order valence-electron chi connectivity index (χ4n) is 2.73. The molecule has 0 spiro atoms. The summed E-state index contributed by atoms with van der Waals surface area (Å²) in [5, 5.41) is 9.79. The molecular weight excluding hydrogens is 322 g/mol. The van der Waals surface area contributed by atoms with E-state index in [1.807, 2.05) is 17.0 Å². The van der Waals surface area contributed by atoms with Gasteiger partial charge in [0.2, 0.25) is 0 Å². The Morgan fingerprint density at radius 2 is 2.35 bits per heavy atom. The number of aliphatic hydroxyl groups is 1. The highest BCUT2D eigenvalue weighted by Crippen LogP contribution is 2.25. The molecule has 4 nitrogen and oxygen atoms in total. The van der Waals surface area contributed by atoms with Crippen LogP contribution in [0.4, 0.5) is 0 Å². The van der Waals surface area contributed by atoms with E-state index in [1.54, 1.807) is 0 Å². The minimum atomic E-state index is -0.450. The summed E-state index contributed by atoms with van der Waals surface area (Å²) < 4.78 is 5.87. The van der Waals surface area contributed by atoms with Gasteiger partial charge in [0.1, 0.15) is 6.04 Å². The van der Waals surface area contributed by atoms with E-state index in [2.05, 4.69) is 35.0 Å². The second-order valence-corrected chi connectivity index (χ2v) is 6.25. The van der Waals surface area contributed by atoms with Crippen molar-refractivity contribution in [2.45, 2.75) is 31.4 Å². The first-order valence-corrected chi connectivity index (χ1v) is 7.56. The molecule has 3 atom stereocenters. The van der Waals surface area contributed by atoms with Gasteiger partial charge in [0.15, 0.2) is 0 Å². The van der Waals surface area contributed by atoms with E-state index >= 15 is 0 Å². The summed E-state index contributed by atoms with van der Waals surface area (Å²) in [6.45, 7) is 3.38. The molecule has 1 aromatic carbocycles. The third-order valence-electron chi connectivity index (χ3n) is 3.78. The number of ether oxygens (including phenoxy) is 1. The lowest BCUT2D eigenvalue weighted by atomic mass is 10.0. The van der Waals surface area contributed by atoms with Crippen LogP contribution in [0.15, 0.2) is 28.7 Å². The van der Waals surface area contributed by atoms with Gasteiger partial charge >= 0.3 is 5.97 Å². The van der Waals surface area contributed by atoms with Crippen molar-refractivity contribution < 1.29 is 14.6 Å². The molecule has 20 heavy (non-hydrogen) atoms. The molecule has 2 rings (SSSR count). The highest BCUT2D eigenvalue weighted by atomic mass is 79.9. The third kappa shape index (κ3) is 3.59. The molecule has 1 aliphatic heterocycles. The highest BCUT2D eigenvalue weighted by molar-refractivity contribution is 9.10. The first kappa shape index (κ1) is 15.5. The van der Waals surface area contributed by atoms with E-state index in [-0.39, 0.29) is 17.9 Å². The number of aliphatic hydroxyl groups excluding tert-OH is 1. The van der Waals surface area contributed by atoms with Crippen molar-refractivity contribution in [2.24, 2.45) is 0 Å². The second kappa shape index (κ2) is 6.70. The van der Waals surface area contributed by atoms with Gasteiger partial charge in [-0.3, -0.25) is 9.69 Å². The molecule has 0 saturated carbocycles. The normalized spacial score (nSPS) is 24.6. The van der Waals surface area contributed by atoms with E-state index in [0.717, 1.165) is 11.0 Å². The zero-order valence-electron chi connectivity index (χ0n) is 11.8. The van der Waals surface area contributed by atoms with Crippen LogP contribution in [-0.2, 0) is 9.53 Å². The molecule has 0 bridgehead atoms. The third-order valence-corrected chi connectivity index (χ3v) is 4.27. The van der Waals surface area contributed by atoms with Crippen molar-refractivity contribution in [3.63, 3.8) is 0 Å². The van der Waals surface area contributed by atoms with Crippen LogP contribution >= 0.6 is 15.9 Å². The lowest BCUT2D eigenvalue weighted by Crippen LogP contribution is -2.39. The zero-order valence-corrected chi connectivity index (χ0v) is 13.3. The molecule has 1 fully saturated rings. The number of likely N-dealkylation sites (tertiary alicyclic amines) is 1. The Morgan fingerprint density at radius 1 is 1.60 bits per heavy atom. The monoisotopic (exact) mass is 341 g/mol. The van der Waals surface area contributed by atoms with Crippen LogP contribution in [0.5, 0.6) is 0 Å². The molecule has 1 saturated heterocycles. The molecule has 1 aromatic rings. The molecule has 0 aliphatic carbocycles. The fourth-order valence-corrected chi connectivity index (χ4v) is 3.15. The molecule has 0 radical (unpaired) electrons. The van der Waals surface area contributed by atoms with Gasteiger partial charge in [-0.1, -0.05) is 35.0 Å². The minimum absolute atomic E-state index is 0.261. The summed E-state index contributed by atoms with van der Waals surface area (Å²) in [6.07, 6.45) is 0.00605. The van der Waals surface area contributed by atoms with Crippen molar-refractivity contribution >= 4 is 21.9 Å². The predicted octanol–water partition coefficient (Wildman–Crippen LogP) is 2.16. The molecule has 1 heterocycles. The number of carbonyl (C=O) groups excluding carboxylic acids is 1. The molecule has 1 N–H and O–H groups in total. The largest absolute Gasteiger partial charge is 0.468 e. The van der Waals surface area contributed by atoms with Crippen molar-refractivity contribution in [3.8, 4) is 0 Å². The number of nitrogens with zero attached hydrogens (tertiary/aromatic N) is 1. The summed E-state index contributed by atoms with van der Waals surface area (Å²) in [5.74, 6) is 0.0212. The van der Waals surface area contributed by atoms with Gasteiger partial charge in [0.25, 0.3) is 0 Å². The van der Waals surface area contributed by atoms with Crippen molar-refractivity contribution in [3.05, 3.63) is 34.3 Å². The Hall–Kier alpha value is -0.910. The van der Waals surface area contributed by atoms with E-state index in [1.165, 1.54) is 12.7 Å². The van der Waals surface area contributed by atoms with E-state index < -0.39 is 6.10 Å². The Balaban J connectivity index is 2.06. The van der Waals surface area contributed by atoms with E-state index in [0.29, 0.717) is 13.0 Å². The Labute approximate surface area is 127 Å². The fraction of sp³-hybridized carbons (Fsp3) is 0.533. The molecular formula is C15H20BrNO3. The van der Waals surface area contributed by atoms with Gasteiger partial charge < -0.3 is 9.84 Å². The van der Waals surface area contributed by atoms with Gasteiger partial charge in [-0.2, -0.15) is 0 Å². The smallest absolute Gasteiger partial charge is 0.323 e. The summed E-state index contributed by atoms with van der Waals surface area (Å²) >= 11 is 3.47. The lowest BCUT2D eigenvalue weighted by molar-refractivity contribution is -0.145. The van der Waals surface area contributed by atoms with E-state index in [4.69, 9.17) is 4.74 Å². The van der Waals surface area contributed by atoms with Crippen LogP contribution in [0.25, 0.3) is 0 Å². The Bertz CT molecular complexity index is 480. The van der Waals surface area contributed by atoms with Crippen LogP contribution in [0.2, 0.25) is 0 Å². The van der Waals surface area contributed by atoms with Crippen LogP contribution in [0.1, 0.15) is 24.8 Å². The van der Waals surface area contributed by atoms with Gasteiger partial charge in [0.05, 0.1) is 13.2 Å². The summed E-state index contributed by atoms with van der Waals surface area (Å²) in [4.78, 5) is 13.8. The van der Waals surface area contributed by atoms with Crippen molar-refractivity contribution in [1.29, 1.82) is 0 Å². The van der Waals surface area contributed by atoms with Crippen molar-refractivity contribution in [2.75, 3.05) is 20.2 Å². The molecule has 0 aromatic heterocycles. The highest BCUT2D eigenvalue weighted by Gasteiger charge is 2.37. The number of β-amino-alcohol motifs (C(OH)–C–C–N with tert-alkyl or cyclic N) is 1. The molecule has 0 unspecified atom stereocenters. The number of esters is 1. The SMILES string of the molecule is COC(=O)[C@@H]1C[C@H](O)CN1C[C@@H](C)c1cccc(Br)c1. The average molecular weight is 342 g/mol. The maximum absolute atomic E-state index is 11.8. The van der Waals surface area contributed by atoms with Gasteiger partial charge in [-0.15, -0.1) is 0 Å². The first-order chi connectivity index (χ1) is 9.51. The number of hydrogen-bond donors (Lipinski definition) is 1. The van der Waals surface area contributed by atoms with Crippen molar-refractivity contribution in [1.82, 2.24) is 4.90 Å². The second-order valence-electron chi connectivity index (χ2n) is 5.34. The lowest BCUT2D eigenvalue weighted by Gasteiger charge is -2.25. The maximum Gasteiger partial charge on any atom is 0.323 e. The van der Waals surface area contributed by atoms with Gasteiger partial charge in [-0.25, -0.2) is 0 Å². The number of rotatable bonds is 4. The standard InChI is InChI=1S/C15H20BrNO3/c1-10(11-4-3-5-12(16)6-11)8-17-9-13(18)7-14(17)15(19)20-2/h3-6,10,13-14,18H,7-9H2,1-2H3/t10-,13+,14+/m1/s1. The predicted molar refractivity (Wildman–Crippen MR) is 80.6 cm³/mol. The molecule has 110 valence electrons.